The first-order valence-corrected chi connectivity index (χ1v) is 8.44. The summed E-state index contributed by atoms with van der Waals surface area (Å²) in [6, 6.07) is 0.904. The molecule has 116 valence electrons. The van der Waals surface area contributed by atoms with Crippen LogP contribution in [0.3, 0.4) is 0 Å². The lowest BCUT2D eigenvalue weighted by molar-refractivity contribution is -0.384. The van der Waals surface area contributed by atoms with E-state index in [1.807, 2.05) is 0 Å². The van der Waals surface area contributed by atoms with Crippen molar-refractivity contribution in [3.05, 3.63) is 20.5 Å². The first-order chi connectivity index (χ1) is 9.64. The summed E-state index contributed by atoms with van der Waals surface area (Å²) in [7, 11) is -3.97. The summed E-state index contributed by atoms with van der Waals surface area (Å²) in [5.41, 5.74) is -0.470. The van der Waals surface area contributed by atoms with Gasteiger partial charge in [0.05, 0.1) is 10.8 Å². The Morgan fingerprint density at radius 1 is 1.57 bits per heavy atom. The zero-order valence-electron chi connectivity index (χ0n) is 10.7. The minimum absolute atomic E-state index is 0.0582. The van der Waals surface area contributed by atoms with E-state index in [-0.39, 0.29) is 27.6 Å². The van der Waals surface area contributed by atoms with Crippen molar-refractivity contribution in [3.63, 3.8) is 0 Å². The summed E-state index contributed by atoms with van der Waals surface area (Å²) in [4.78, 5) is 21.0. The van der Waals surface area contributed by atoms with E-state index in [2.05, 4.69) is 0 Å². The molecule has 11 heteroatoms. The van der Waals surface area contributed by atoms with E-state index in [0.717, 1.165) is 10.4 Å². The average Bonchev–Trinajstić information content (AvgIpc) is 2.93. The number of carbonyl (C=O) groups is 1. The molecule has 1 saturated heterocycles. The molecule has 8 nitrogen and oxygen atoms in total. The van der Waals surface area contributed by atoms with E-state index in [9.17, 15) is 23.3 Å². The third-order valence-electron chi connectivity index (χ3n) is 3.33. The molecule has 2 unspecified atom stereocenters. The van der Waals surface area contributed by atoms with Crippen molar-refractivity contribution >= 4 is 44.6 Å². The number of thiophene rings is 1. The van der Waals surface area contributed by atoms with Crippen LogP contribution in [0, 0.1) is 22.0 Å². The zero-order chi connectivity index (χ0) is 15.9. The van der Waals surface area contributed by atoms with E-state index in [0.29, 0.717) is 11.3 Å². The molecule has 1 aromatic heterocycles. The number of rotatable bonds is 4. The number of hydrogen-bond donors (Lipinski definition) is 1. The van der Waals surface area contributed by atoms with Gasteiger partial charge in [-0.25, -0.2) is 8.42 Å². The van der Waals surface area contributed by atoms with Gasteiger partial charge in [0.15, 0.2) is 4.34 Å². The number of nitro groups is 1. The van der Waals surface area contributed by atoms with Crippen LogP contribution < -0.4 is 0 Å². The molecule has 1 N–H and O–H groups in total. The number of aliphatic carboxylic acids is 1. The van der Waals surface area contributed by atoms with Crippen molar-refractivity contribution in [2.24, 2.45) is 11.8 Å². The first-order valence-electron chi connectivity index (χ1n) is 5.81. The number of carboxylic acids is 1. The van der Waals surface area contributed by atoms with Crippen LogP contribution in [-0.4, -0.2) is 41.8 Å². The van der Waals surface area contributed by atoms with Crippen molar-refractivity contribution in [2.45, 2.75) is 11.1 Å². The maximum atomic E-state index is 12.4. The first kappa shape index (κ1) is 16.1. The quantitative estimate of drug-likeness (QED) is 0.648. The smallest absolute Gasteiger partial charge is 0.308 e. The van der Waals surface area contributed by atoms with E-state index in [1.54, 1.807) is 6.92 Å². The Balaban J connectivity index is 2.33. The minimum Gasteiger partial charge on any atom is -0.481 e. The lowest BCUT2D eigenvalue weighted by Gasteiger charge is -2.14. The maximum Gasteiger partial charge on any atom is 0.308 e. The highest BCUT2D eigenvalue weighted by Crippen LogP contribution is 2.39. The van der Waals surface area contributed by atoms with E-state index >= 15 is 0 Å². The second-order valence-corrected chi connectivity index (χ2v) is 8.54. The van der Waals surface area contributed by atoms with Crippen LogP contribution in [0.2, 0.25) is 4.34 Å². The Kier molecular flexibility index (Phi) is 4.24. The number of nitrogens with zero attached hydrogens (tertiary/aromatic N) is 2. The van der Waals surface area contributed by atoms with Crippen molar-refractivity contribution in [1.82, 2.24) is 4.31 Å². The summed E-state index contributed by atoms with van der Waals surface area (Å²) < 4.78 is 25.4. The Labute approximate surface area is 129 Å². The molecule has 0 aliphatic carbocycles. The number of carboxylic acid groups (broad SMARTS) is 1. The van der Waals surface area contributed by atoms with Crippen LogP contribution in [0.4, 0.5) is 5.69 Å². The second-order valence-electron chi connectivity index (χ2n) is 4.73. The SMILES string of the molecule is CC1CN(S(=O)(=O)c2cc([N+](=O)[O-])c(Cl)s2)CC1C(=O)O. The lowest BCUT2D eigenvalue weighted by Crippen LogP contribution is -2.29. The normalized spacial score (nSPS) is 23.3. The fraction of sp³-hybridized carbons (Fsp3) is 0.500. The summed E-state index contributed by atoms with van der Waals surface area (Å²) in [5.74, 6) is -2.18. The van der Waals surface area contributed by atoms with Gasteiger partial charge in [-0.1, -0.05) is 18.5 Å². The largest absolute Gasteiger partial charge is 0.481 e. The predicted octanol–water partition coefficient (Wildman–Crippen LogP) is 1.65. The average molecular weight is 355 g/mol. The van der Waals surface area contributed by atoms with Crippen molar-refractivity contribution in [1.29, 1.82) is 0 Å². The van der Waals surface area contributed by atoms with Gasteiger partial charge in [-0.15, -0.1) is 11.3 Å². The molecule has 1 aliphatic rings. The van der Waals surface area contributed by atoms with Crippen LogP contribution in [0.25, 0.3) is 0 Å². The van der Waals surface area contributed by atoms with E-state index in [1.165, 1.54) is 0 Å². The molecule has 21 heavy (non-hydrogen) atoms. The molecular weight excluding hydrogens is 344 g/mol. The third kappa shape index (κ3) is 2.89. The van der Waals surface area contributed by atoms with Gasteiger partial charge in [-0.2, -0.15) is 4.31 Å². The zero-order valence-corrected chi connectivity index (χ0v) is 13.1. The summed E-state index contributed by atoms with van der Waals surface area (Å²) in [5, 5.41) is 19.7. The fourth-order valence-corrected chi connectivity index (χ4v) is 5.54. The monoisotopic (exact) mass is 354 g/mol. The summed E-state index contributed by atoms with van der Waals surface area (Å²) >= 11 is 6.25. The molecule has 0 bridgehead atoms. The maximum absolute atomic E-state index is 12.4. The van der Waals surface area contributed by atoms with Crippen molar-refractivity contribution < 1.29 is 23.2 Å². The van der Waals surface area contributed by atoms with Gasteiger partial charge >= 0.3 is 5.97 Å². The molecule has 0 saturated carbocycles. The van der Waals surface area contributed by atoms with E-state index < -0.39 is 32.5 Å². The third-order valence-corrected chi connectivity index (χ3v) is 6.95. The van der Waals surface area contributed by atoms with Crippen LogP contribution in [0.15, 0.2) is 10.3 Å². The molecule has 0 spiro atoms. The topological polar surface area (TPSA) is 118 Å². The highest BCUT2D eigenvalue weighted by molar-refractivity contribution is 7.91. The standard InChI is InChI=1S/C10H11ClN2O6S2/c1-5-3-12(4-6(5)10(14)15)21(18,19)8-2-7(13(16)17)9(11)20-8/h2,5-6H,3-4H2,1H3,(H,14,15). The molecule has 2 rings (SSSR count). The van der Waals surface area contributed by atoms with Gasteiger partial charge in [-0.3, -0.25) is 14.9 Å². The second kappa shape index (κ2) is 5.52. The van der Waals surface area contributed by atoms with E-state index in [4.69, 9.17) is 16.7 Å². The van der Waals surface area contributed by atoms with Crippen LogP contribution in [-0.2, 0) is 14.8 Å². The molecular formula is C10H11ClN2O6S2. The summed E-state index contributed by atoms with van der Waals surface area (Å²) in [6.07, 6.45) is 0. The Bertz CT molecular complexity index is 700. The predicted molar refractivity (Wildman–Crippen MR) is 75.0 cm³/mol. The summed E-state index contributed by atoms with van der Waals surface area (Å²) in [6.45, 7) is 1.56. The molecule has 0 amide bonds. The Morgan fingerprint density at radius 2 is 2.19 bits per heavy atom. The highest BCUT2D eigenvalue weighted by Gasteiger charge is 2.42. The Hall–Kier alpha value is -1.23. The minimum atomic E-state index is -3.97. The molecule has 0 radical (unpaired) electrons. The van der Waals surface area contributed by atoms with Crippen molar-refractivity contribution in [2.75, 3.05) is 13.1 Å². The molecule has 1 fully saturated rings. The molecule has 2 atom stereocenters. The highest BCUT2D eigenvalue weighted by atomic mass is 35.5. The van der Waals surface area contributed by atoms with Gasteiger partial charge in [-0.05, 0) is 5.92 Å². The van der Waals surface area contributed by atoms with Gasteiger partial charge in [0, 0.05) is 19.2 Å². The van der Waals surface area contributed by atoms with Gasteiger partial charge in [0.2, 0.25) is 0 Å². The molecule has 1 aliphatic heterocycles. The van der Waals surface area contributed by atoms with Gasteiger partial charge < -0.3 is 5.11 Å². The Morgan fingerprint density at radius 3 is 2.62 bits per heavy atom. The number of sulfonamides is 1. The number of hydrogen-bond acceptors (Lipinski definition) is 6. The van der Waals surface area contributed by atoms with Gasteiger partial charge in [0.25, 0.3) is 15.7 Å². The van der Waals surface area contributed by atoms with Crippen LogP contribution in [0.1, 0.15) is 6.92 Å². The number of halogens is 1. The molecule has 0 aromatic carbocycles. The van der Waals surface area contributed by atoms with Crippen LogP contribution >= 0.6 is 22.9 Å². The molecule has 2 heterocycles. The van der Waals surface area contributed by atoms with Crippen molar-refractivity contribution in [3.8, 4) is 0 Å². The lowest BCUT2D eigenvalue weighted by atomic mass is 9.99. The fourth-order valence-electron chi connectivity index (χ4n) is 2.16. The molecule has 1 aromatic rings. The van der Waals surface area contributed by atoms with Gasteiger partial charge in [0.1, 0.15) is 4.21 Å². The van der Waals surface area contributed by atoms with Crippen LogP contribution in [0.5, 0.6) is 0 Å².